The molecule has 3 N–H and O–H groups in total. The molecule has 2 aliphatic heterocycles. The number of likely N-dealkylation sites (tertiary alicyclic amines) is 2. The second-order valence-electron chi connectivity index (χ2n) is 5.66. The number of primary amides is 1. The van der Waals surface area contributed by atoms with E-state index in [1.165, 1.54) is 4.90 Å². The Balaban J connectivity index is 1.79. The highest BCUT2D eigenvalue weighted by Crippen LogP contribution is 2.18. The van der Waals surface area contributed by atoms with Gasteiger partial charge in [0.2, 0.25) is 5.91 Å². The van der Waals surface area contributed by atoms with Crippen molar-refractivity contribution in [2.45, 2.75) is 44.7 Å². The lowest BCUT2D eigenvalue weighted by Crippen LogP contribution is -2.53. The number of amides is 4. The highest BCUT2D eigenvalue weighted by atomic mass is 16.6. The number of nitrogens with one attached hydrogen (secondary N) is 1. The van der Waals surface area contributed by atoms with E-state index in [9.17, 15) is 14.4 Å². The molecule has 8 nitrogen and oxygen atoms in total. The maximum absolute atomic E-state index is 12.2. The summed E-state index contributed by atoms with van der Waals surface area (Å²) in [7, 11) is 0. The van der Waals surface area contributed by atoms with E-state index < -0.39 is 11.9 Å². The Morgan fingerprint density at radius 3 is 2.45 bits per heavy atom. The Kier molecular flexibility index (Phi) is 5.46. The first-order valence-electron chi connectivity index (χ1n) is 7.81. The average molecular weight is 312 g/mol. The molecule has 2 heterocycles. The van der Waals surface area contributed by atoms with Gasteiger partial charge in [0, 0.05) is 25.7 Å². The molecule has 0 aromatic carbocycles. The molecule has 2 saturated heterocycles. The topological polar surface area (TPSA) is 105 Å². The van der Waals surface area contributed by atoms with E-state index in [4.69, 9.17) is 10.5 Å². The normalized spacial score (nSPS) is 22.5. The molecule has 2 aliphatic rings. The van der Waals surface area contributed by atoms with Crippen LogP contribution in [-0.4, -0.2) is 66.2 Å². The standard InChI is InChI=1S/C14H24N4O4/c1-2-22-14(21)17-8-5-10(6-9-17)16-13(20)18-7-3-4-11(18)12(15)19/h10-11H,2-9H2,1H3,(H2,15,19)(H,16,20)/t11-/m1/s1. The summed E-state index contributed by atoms with van der Waals surface area (Å²) in [5.74, 6) is -0.454. The molecule has 1 atom stereocenters. The van der Waals surface area contributed by atoms with Crippen molar-refractivity contribution < 1.29 is 19.1 Å². The summed E-state index contributed by atoms with van der Waals surface area (Å²) in [6.07, 6.45) is 2.48. The number of urea groups is 1. The van der Waals surface area contributed by atoms with E-state index >= 15 is 0 Å². The third-order valence-electron chi connectivity index (χ3n) is 4.19. The van der Waals surface area contributed by atoms with Crippen LogP contribution in [-0.2, 0) is 9.53 Å². The zero-order valence-corrected chi connectivity index (χ0v) is 12.9. The molecule has 0 spiro atoms. The van der Waals surface area contributed by atoms with Crippen molar-refractivity contribution in [3.63, 3.8) is 0 Å². The van der Waals surface area contributed by atoms with Crippen LogP contribution < -0.4 is 11.1 Å². The van der Waals surface area contributed by atoms with E-state index in [1.807, 2.05) is 0 Å². The fourth-order valence-corrected chi connectivity index (χ4v) is 2.98. The molecular weight excluding hydrogens is 288 g/mol. The third-order valence-corrected chi connectivity index (χ3v) is 4.19. The minimum Gasteiger partial charge on any atom is -0.450 e. The SMILES string of the molecule is CCOC(=O)N1CCC(NC(=O)N2CCC[C@@H]2C(N)=O)CC1. The number of hydrogen-bond acceptors (Lipinski definition) is 4. The first-order valence-corrected chi connectivity index (χ1v) is 7.81. The van der Waals surface area contributed by atoms with Crippen LogP contribution in [0.5, 0.6) is 0 Å². The van der Waals surface area contributed by atoms with Crippen LogP contribution in [0.4, 0.5) is 9.59 Å². The summed E-state index contributed by atoms with van der Waals surface area (Å²) in [6, 6.07) is -0.734. The van der Waals surface area contributed by atoms with E-state index in [1.54, 1.807) is 11.8 Å². The maximum Gasteiger partial charge on any atom is 0.409 e. The second-order valence-corrected chi connectivity index (χ2v) is 5.66. The van der Waals surface area contributed by atoms with E-state index in [-0.39, 0.29) is 18.2 Å². The number of rotatable bonds is 3. The zero-order chi connectivity index (χ0) is 16.1. The largest absolute Gasteiger partial charge is 0.450 e. The van der Waals surface area contributed by atoms with Crippen molar-refractivity contribution in [1.82, 2.24) is 15.1 Å². The van der Waals surface area contributed by atoms with Gasteiger partial charge in [-0.2, -0.15) is 0 Å². The van der Waals surface area contributed by atoms with Crippen molar-refractivity contribution >= 4 is 18.0 Å². The molecule has 0 saturated carbocycles. The first-order chi connectivity index (χ1) is 10.5. The number of hydrogen-bond donors (Lipinski definition) is 2. The van der Waals surface area contributed by atoms with Crippen LogP contribution in [0.2, 0.25) is 0 Å². The molecule has 0 unspecified atom stereocenters. The summed E-state index contributed by atoms with van der Waals surface area (Å²) in [5, 5.41) is 2.94. The number of piperidine rings is 1. The molecule has 4 amide bonds. The lowest BCUT2D eigenvalue weighted by atomic mass is 10.1. The predicted molar refractivity (Wildman–Crippen MR) is 79.1 cm³/mol. The Labute approximate surface area is 129 Å². The number of nitrogens with two attached hydrogens (primary N) is 1. The first kappa shape index (κ1) is 16.4. The summed E-state index contributed by atoms with van der Waals surface area (Å²) >= 11 is 0. The van der Waals surface area contributed by atoms with E-state index in [2.05, 4.69) is 5.32 Å². The van der Waals surface area contributed by atoms with Gasteiger partial charge in [-0.3, -0.25) is 4.79 Å². The lowest BCUT2D eigenvalue weighted by molar-refractivity contribution is -0.121. The minimum atomic E-state index is -0.500. The van der Waals surface area contributed by atoms with Crippen LogP contribution in [0.3, 0.4) is 0 Å². The fourth-order valence-electron chi connectivity index (χ4n) is 2.98. The molecule has 2 rings (SSSR count). The lowest BCUT2D eigenvalue weighted by Gasteiger charge is -2.33. The highest BCUT2D eigenvalue weighted by molar-refractivity contribution is 5.86. The maximum atomic E-state index is 12.2. The van der Waals surface area contributed by atoms with Gasteiger partial charge in [-0.15, -0.1) is 0 Å². The number of carbonyl (C=O) groups is 3. The summed E-state index contributed by atoms with van der Waals surface area (Å²) in [5.41, 5.74) is 5.32. The predicted octanol–water partition coefficient (Wildman–Crippen LogP) is 0.267. The van der Waals surface area contributed by atoms with Gasteiger partial charge in [0.05, 0.1) is 6.61 Å². The average Bonchev–Trinajstić information content (AvgIpc) is 2.98. The fraction of sp³-hybridized carbons (Fsp3) is 0.786. The minimum absolute atomic E-state index is 0.00676. The van der Waals surface area contributed by atoms with Gasteiger partial charge in [0.25, 0.3) is 0 Å². The third kappa shape index (κ3) is 3.80. The van der Waals surface area contributed by atoms with E-state index in [0.29, 0.717) is 45.5 Å². The Morgan fingerprint density at radius 2 is 1.86 bits per heavy atom. The Hall–Kier alpha value is -1.99. The molecule has 124 valence electrons. The quantitative estimate of drug-likeness (QED) is 0.780. The number of nitrogens with zero attached hydrogens (tertiary/aromatic N) is 2. The van der Waals surface area contributed by atoms with Crippen LogP contribution in [0, 0.1) is 0 Å². The Bertz CT molecular complexity index is 435. The summed E-state index contributed by atoms with van der Waals surface area (Å²) in [6.45, 7) is 3.81. The van der Waals surface area contributed by atoms with E-state index in [0.717, 1.165) is 6.42 Å². The van der Waals surface area contributed by atoms with Crippen molar-refractivity contribution in [2.75, 3.05) is 26.2 Å². The van der Waals surface area contributed by atoms with Crippen molar-refractivity contribution in [1.29, 1.82) is 0 Å². The molecule has 0 aromatic heterocycles. The summed E-state index contributed by atoms with van der Waals surface area (Å²) < 4.78 is 4.96. The summed E-state index contributed by atoms with van der Waals surface area (Å²) in [4.78, 5) is 38.4. The monoisotopic (exact) mass is 312 g/mol. The van der Waals surface area contributed by atoms with Crippen molar-refractivity contribution in [2.24, 2.45) is 5.73 Å². The van der Waals surface area contributed by atoms with Gasteiger partial charge in [-0.25, -0.2) is 9.59 Å². The highest BCUT2D eigenvalue weighted by Gasteiger charge is 2.34. The Morgan fingerprint density at radius 1 is 1.18 bits per heavy atom. The number of ether oxygens (including phenoxy) is 1. The van der Waals surface area contributed by atoms with Gasteiger partial charge in [-0.1, -0.05) is 0 Å². The molecule has 0 radical (unpaired) electrons. The van der Waals surface area contributed by atoms with Gasteiger partial charge in [0.1, 0.15) is 6.04 Å². The molecular formula is C14H24N4O4. The second kappa shape index (κ2) is 7.33. The zero-order valence-electron chi connectivity index (χ0n) is 12.9. The molecule has 22 heavy (non-hydrogen) atoms. The molecule has 0 aromatic rings. The van der Waals surface area contributed by atoms with Gasteiger partial charge in [-0.05, 0) is 32.6 Å². The van der Waals surface area contributed by atoms with Gasteiger partial charge >= 0.3 is 12.1 Å². The van der Waals surface area contributed by atoms with Gasteiger partial charge < -0.3 is 25.6 Å². The van der Waals surface area contributed by atoms with Crippen LogP contribution in [0.1, 0.15) is 32.6 Å². The number of carbonyl (C=O) groups excluding carboxylic acids is 3. The van der Waals surface area contributed by atoms with Crippen LogP contribution in [0.15, 0.2) is 0 Å². The smallest absolute Gasteiger partial charge is 0.409 e. The van der Waals surface area contributed by atoms with Crippen molar-refractivity contribution in [3.05, 3.63) is 0 Å². The molecule has 8 heteroatoms. The molecule has 0 aliphatic carbocycles. The van der Waals surface area contributed by atoms with Crippen LogP contribution in [0.25, 0.3) is 0 Å². The van der Waals surface area contributed by atoms with Crippen LogP contribution >= 0.6 is 0 Å². The van der Waals surface area contributed by atoms with Gasteiger partial charge in [0.15, 0.2) is 0 Å². The van der Waals surface area contributed by atoms with Crippen molar-refractivity contribution in [3.8, 4) is 0 Å². The molecule has 0 bridgehead atoms. The molecule has 2 fully saturated rings.